The molecule has 0 aliphatic rings. The minimum absolute atomic E-state index is 0.186. The molecule has 0 saturated carbocycles. The van der Waals surface area contributed by atoms with Gasteiger partial charge in [-0.25, -0.2) is 9.97 Å². The Kier molecular flexibility index (Phi) is 5.10. The highest BCUT2D eigenvalue weighted by Crippen LogP contribution is 2.08. The van der Waals surface area contributed by atoms with E-state index in [1.165, 1.54) is 4.90 Å². The van der Waals surface area contributed by atoms with E-state index in [2.05, 4.69) is 20.3 Å². The minimum atomic E-state index is -0.202. The molecular formula is C16H21N5O2. The summed E-state index contributed by atoms with van der Waals surface area (Å²) in [4.78, 5) is 36.9. The van der Waals surface area contributed by atoms with Crippen LogP contribution in [0.15, 0.2) is 18.5 Å². The van der Waals surface area contributed by atoms with Crippen molar-refractivity contribution in [2.75, 3.05) is 20.6 Å². The summed E-state index contributed by atoms with van der Waals surface area (Å²) < 4.78 is 0. The van der Waals surface area contributed by atoms with Crippen LogP contribution in [-0.2, 0) is 6.42 Å². The van der Waals surface area contributed by atoms with E-state index in [0.29, 0.717) is 29.9 Å². The van der Waals surface area contributed by atoms with Crippen LogP contribution in [0.3, 0.4) is 0 Å². The molecule has 0 aliphatic carbocycles. The average molecular weight is 315 g/mol. The number of hydrogen-bond acceptors (Lipinski definition) is 4. The summed E-state index contributed by atoms with van der Waals surface area (Å²) in [7, 11) is 3.33. The van der Waals surface area contributed by atoms with Crippen LogP contribution in [0.2, 0.25) is 0 Å². The number of H-pyrrole nitrogens is 1. The normalized spacial score (nSPS) is 10.4. The molecule has 23 heavy (non-hydrogen) atoms. The molecular weight excluding hydrogens is 294 g/mol. The van der Waals surface area contributed by atoms with Gasteiger partial charge in [-0.05, 0) is 26.0 Å². The first-order valence-electron chi connectivity index (χ1n) is 7.36. The van der Waals surface area contributed by atoms with Gasteiger partial charge in [0.1, 0.15) is 5.69 Å². The summed E-state index contributed by atoms with van der Waals surface area (Å²) in [6.45, 7) is 4.15. The van der Waals surface area contributed by atoms with Crippen LogP contribution in [-0.4, -0.2) is 52.3 Å². The predicted molar refractivity (Wildman–Crippen MR) is 86.4 cm³/mol. The standard InChI is InChI=1S/C16H21N5O2/c1-10-12(5-6-14(20-10)16(23)21(3)4)15(22)17-8-7-13-11(2)18-9-19-13/h5-6,9H,7-8H2,1-4H3,(H,17,22)(H,18,19). The zero-order valence-electron chi connectivity index (χ0n) is 13.8. The second kappa shape index (κ2) is 7.04. The predicted octanol–water partition coefficient (Wildman–Crippen LogP) is 1.10. The fraction of sp³-hybridized carbons (Fsp3) is 0.375. The van der Waals surface area contributed by atoms with E-state index in [4.69, 9.17) is 0 Å². The molecule has 7 heteroatoms. The Balaban J connectivity index is 1.99. The van der Waals surface area contributed by atoms with Crippen LogP contribution in [0, 0.1) is 13.8 Å². The van der Waals surface area contributed by atoms with Crippen LogP contribution in [0.5, 0.6) is 0 Å². The van der Waals surface area contributed by atoms with Gasteiger partial charge in [0.25, 0.3) is 11.8 Å². The molecule has 7 nitrogen and oxygen atoms in total. The van der Waals surface area contributed by atoms with Gasteiger partial charge < -0.3 is 15.2 Å². The van der Waals surface area contributed by atoms with Crippen molar-refractivity contribution >= 4 is 11.8 Å². The topological polar surface area (TPSA) is 91.0 Å². The molecule has 0 unspecified atom stereocenters. The number of imidazole rings is 1. The van der Waals surface area contributed by atoms with Crippen LogP contribution < -0.4 is 5.32 Å². The van der Waals surface area contributed by atoms with Gasteiger partial charge in [-0.3, -0.25) is 9.59 Å². The molecule has 0 atom stereocenters. The molecule has 0 fully saturated rings. The maximum Gasteiger partial charge on any atom is 0.271 e. The van der Waals surface area contributed by atoms with Gasteiger partial charge in [0.05, 0.1) is 23.3 Å². The lowest BCUT2D eigenvalue weighted by Crippen LogP contribution is -2.28. The number of nitrogens with zero attached hydrogens (tertiary/aromatic N) is 3. The van der Waals surface area contributed by atoms with Crippen molar-refractivity contribution in [3.63, 3.8) is 0 Å². The van der Waals surface area contributed by atoms with Gasteiger partial charge in [-0.2, -0.15) is 0 Å². The van der Waals surface area contributed by atoms with Crippen molar-refractivity contribution < 1.29 is 9.59 Å². The Morgan fingerprint density at radius 1 is 1.26 bits per heavy atom. The van der Waals surface area contributed by atoms with E-state index < -0.39 is 0 Å². The summed E-state index contributed by atoms with van der Waals surface area (Å²) in [6.07, 6.45) is 2.30. The average Bonchev–Trinajstić information content (AvgIpc) is 2.91. The van der Waals surface area contributed by atoms with Crippen molar-refractivity contribution in [1.29, 1.82) is 0 Å². The number of amides is 2. The van der Waals surface area contributed by atoms with E-state index in [-0.39, 0.29) is 11.8 Å². The molecule has 122 valence electrons. The van der Waals surface area contributed by atoms with E-state index in [9.17, 15) is 9.59 Å². The molecule has 2 N–H and O–H groups in total. The number of rotatable bonds is 5. The smallest absolute Gasteiger partial charge is 0.271 e. The fourth-order valence-electron chi connectivity index (χ4n) is 2.18. The number of aryl methyl sites for hydroxylation is 2. The van der Waals surface area contributed by atoms with Crippen molar-refractivity contribution in [1.82, 2.24) is 25.2 Å². The molecule has 0 saturated heterocycles. The SMILES string of the molecule is Cc1nc(C(=O)N(C)C)ccc1C(=O)NCCc1nc[nH]c1C. The first-order chi connectivity index (χ1) is 10.9. The van der Waals surface area contributed by atoms with E-state index >= 15 is 0 Å². The first kappa shape index (κ1) is 16.7. The quantitative estimate of drug-likeness (QED) is 0.864. The maximum atomic E-state index is 12.2. The van der Waals surface area contributed by atoms with Crippen molar-refractivity contribution in [2.45, 2.75) is 20.3 Å². The fourth-order valence-corrected chi connectivity index (χ4v) is 2.18. The van der Waals surface area contributed by atoms with Gasteiger partial charge in [0.2, 0.25) is 0 Å². The molecule has 0 spiro atoms. The van der Waals surface area contributed by atoms with E-state index in [1.807, 2.05) is 6.92 Å². The molecule has 0 aliphatic heterocycles. The van der Waals surface area contributed by atoms with Gasteiger partial charge in [-0.1, -0.05) is 0 Å². The number of carbonyl (C=O) groups is 2. The van der Waals surface area contributed by atoms with E-state index in [0.717, 1.165) is 11.4 Å². The van der Waals surface area contributed by atoms with Gasteiger partial charge >= 0.3 is 0 Å². The molecule has 2 aromatic heterocycles. The second-order valence-electron chi connectivity index (χ2n) is 5.51. The first-order valence-corrected chi connectivity index (χ1v) is 7.36. The Labute approximate surface area is 135 Å². The molecule has 2 amide bonds. The van der Waals surface area contributed by atoms with Gasteiger partial charge in [-0.15, -0.1) is 0 Å². The number of nitrogens with one attached hydrogen (secondary N) is 2. The Morgan fingerprint density at radius 3 is 2.57 bits per heavy atom. The second-order valence-corrected chi connectivity index (χ2v) is 5.51. The third kappa shape index (κ3) is 3.94. The maximum absolute atomic E-state index is 12.2. The van der Waals surface area contributed by atoms with E-state index in [1.54, 1.807) is 39.5 Å². The lowest BCUT2D eigenvalue weighted by atomic mass is 10.1. The highest BCUT2D eigenvalue weighted by molar-refractivity contribution is 5.97. The number of hydrogen-bond donors (Lipinski definition) is 2. The monoisotopic (exact) mass is 315 g/mol. The van der Waals surface area contributed by atoms with Crippen molar-refractivity contribution in [3.8, 4) is 0 Å². The third-order valence-corrected chi connectivity index (χ3v) is 3.54. The lowest BCUT2D eigenvalue weighted by Gasteiger charge is -2.11. The highest BCUT2D eigenvalue weighted by Gasteiger charge is 2.15. The Hall–Kier alpha value is -2.70. The third-order valence-electron chi connectivity index (χ3n) is 3.54. The zero-order chi connectivity index (χ0) is 17.0. The molecule has 2 rings (SSSR count). The highest BCUT2D eigenvalue weighted by atomic mass is 16.2. The van der Waals surface area contributed by atoms with Crippen LogP contribution in [0.25, 0.3) is 0 Å². The number of pyridine rings is 1. The summed E-state index contributed by atoms with van der Waals surface area (Å²) in [5, 5.41) is 2.85. The molecule has 0 bridgehead atoms. The molecule has 0 radical (unpaired) electrons. The zero-order valence-corrected chi connectivity index (χ0v) is 13.8. The van der Waals surface area contributed by atoms with Gasteiger partial charge in [0, 0.05) is 32.8 Å². The molecule has 2 heterocycles. The Morgan fingerprint density at radius 2 is 2.00 bits per heavy atom. The van der Waals surface area contributed by atoms with Crippen LogP contribution in [0.4, 0.5) is 0 Å². The summed E-state index contributed by atoms with van der Waals surface area (Å²) in [6, 6.07) is 3.20. The minimum Gasteiger partial charge on any atom is -0.352 e. The summed E-state index contributed by atoms with van der Waals surface area (Å²) in [5.74, 6) is -0.388. The largest absolute Gasteiger partial charge is 0.352 e. The van der Waals surface area contributed by atoms with Crippen LogP contribution >= 0.6 is 0 Å². The number of carbonyl (C=O) groups excluding carboxylic acids is 2. The Bertz CT molecular complexity index is 721. The molecule has 0 aromatic carbocycles. The van der Waals surface area contributed by atoms with Crippen LogP contribution in [0.1, 0.15) is 37.9 Å². The van der Waals surface area contributed by atoms with Crippen molar-refractivity contribution in [3.05, 3.63) is 46.8 Å². The summed E-state index contributed by atoms with van der Waals surface area (Å²) >= 11 is 0. The number of aromatic amines is 1. The summed E-state index contributed by atoms with van der Waals surface area (Å²) in [5.41, 5.74) is 3.28. The lowest BCUT2D eigenvalue weighted by molar-refractivity contribution is 0.0820. The molecule has 2 aromatic rings. The number of aromatic nitrogens is 3. The van der Waals surface area contributed by atoms with Gasteiger partial charge in [0.15, 0.2) is 0 Å². The van der Waals surface area contributed by atoms with Crippen molar-refractivity contribution in [2.24, 2.45) is 0 Å².